The first-order chi connectivity index (χ1) is 20.1. The molecule has 2 bridgehead atoms. The summed E-state index contributed by atoms with van der Waals surface area (Å²) in [5, 5.41) is 10.3. The molecule has 2 aromatic rings. The lowest BCUT2D eigenvalue weighted by Crippen LogP contribution is -2.49. The predicted molar refractivity (Wildman–Crippen MR) is 166 cm³/mol. The molecule has 4 aliphatic rings. The lowest BCUT2D eigenvalue weighted by atomic mass is 9.66. The van der Waals surface area contributed by atoms with Gasteiger partial charge in [-0.2, -0.15) is 0 Å². The number of aliphatic hydroxyl groups excluding tert-OH is 1. The number of fused-ring (bicyclic) bond motifs is 4. The summed E-state index contributed by atoms with van der Waals surface area (Å²) in [5.41, 5.74) is 3.39. The average molecular weight is 613 g/mol. The van der Waals surface area contributed by atoms with E-state index in [2.05, 4.69) is 27.8 Å². The van der Waals surface area contributed by atoms with Crippen molar-refractivity contribution < 1.29 is 23.1 Å². The van der Waals surface area contributed by atoms with Crippen LogP contribution in [0, 0.1) is 23.7 Å². The van der Waals surface area contributed by atoms with Gasteiger partial charge in [-0.05, 0) is 105 Å². The molecule has 2 N–H and O–H groups in total. The van der Waals surface area contributed by atoms with Crippen LogP contribution in [-0.4, -0.2) is 51.0 Å². The van der Waals surface area contributed by atoms with Crippen molar-refractivity contribution in [1.29, 1.82) is 0 Å². The molecule has 42 heavy (non-hydrogen) atoms. The van der Waals surface area contributed by atoms with E-state index in [1.807, 2.05) is 19.1 Å². The third kappa shape index (κ3) is 5.46. The number of nitrogens with one attached hydrogen (secondary N) is 1. The zero-order valence-corrected chi connectivity index (χ0v) is 26.0. The minimum absolute atomic E-state index is 0.0241. The molecule has 0 saturated heterocycles. The van der Waals surface area contributed by atoms with Crippen molar-refractivity contribution in [2.24, 2.45) is 23.7 Å². The van der Waals surface area contributed by atoms with Crippen LogP contribution in [0.25, 0.3) is 0 Å². The Bertz CT molecular complexity index is 1490. The van der Waals surface area contributed by atoms with Gasteiger partial charge in [-0.3, -0.25) is 4.79 Å². The maximum Gasteiger partial charge on any atom is 0.264 e. The van der Waals surface area contributed by atoms with E-state index in [-0.39, 0.29) is 23.9 Å². The van der Waals surface area contributed by atoms with Crippen molar-refractivity contribution in [3.8, 4) is 5.75 Å². The zero-order chi connectivity index (χ0) is 29.6. The third-order valence-corrected chi connectivity index (χ3v) is 12.6. The normalized spacial score (nSPS) is 33.3. The van der Waals surface area contributed by atoms with E-state index in [9.17, 15) is 18.3 Å². The minimum Gasteiger partial charge on any atom is -0.490 e. The van der Waals surface area contributed by atoms with Crippen LogP contribution in [0.2, 0.25) is 5.02 Å². The van der Waals surface area contributed by atoms with Crippen LogP contribution in [0.3, 0.4) is 0 Å². The van der Waals surface area contributed by atoms with Crippen LogP contribution < -0.4 is 14.4 Å². The number of allylic oxidation sites excluding steroid dienone is 1. The molecular formula is C33H41ClN2O5S. The molecule has 0 radical (unpaired) electrons. The number of ether oxygens (including phenoxy) is 1. The first kappa shape index (κ1) is 29.5. The number of hydrogen-bond donors (Lipinski definition) is 2. The van der Waals surface area contributed by atoms with E-state index < -0.39 is 21.2 Å². The largest absolute Gasteiger partial charge is 0.490 e. The maximum atomic E-state index is 13.3. The monoisotopic (exact) mass is 612 g/mol. The van der Waals surface area contributed by atoms with Gasteiger partial charge in [-0.25, -0.2) is 13.1 Å². The number of amides is 1. The molecule has 1 amide bonds. The first-order valence-corrected chi connectivity index (χ1v) is 17.2. The molecule has 6 rings (SSSR count). The highest BCUT2D eigenvalue weighted by Crippen LogP contribution is 2.47. The van der Waals surface area contributed by atoms with Gasteiger partial charge in [-0.1, -0.05) is 36.7 Å². The van der Waals surface area contributed by atoms with Gasteiger partial charge >= 0.3 is 0 Å². The van der Waals surface area contributed by atoms with Gasteiger partial charge in [0, 0.05) is 41.6 Å². The van der Waals surface area contributed by atoms with E-state index in [1.54, 1.807) is 25.1 Å². The van der Waals surface area contributed by atoms with Crippen LogP contribution in [0.4, 0.5) is 5.69 Å². The molecule has 0 aromatic heterocycles. The fourth-order valence-electron chi connectivity index (χ4n) is 7.51. The molecule has 2 heterocycles. The van der Waals surface area contributed by atoms with Gasteiger partial charge in [0.1, 0.15) is 5.75 Å². The van der Waals surface area contributed by atoms with Gasteiger partial charge in [0.15, 0.2) is 0 Å². The maximum absolute atomic E-state index is 13.3. The number of nitrogens with zero attached hydrogens (tertiary/aromatic N) is 1. The molecule has 7 nitrogen and oxygen atoms in total. The Balaban J connectivity index is 1.43. The third-order valence-electron chi connectivity index (χ3n) is 10.4. The number of benzene rings is 2. The molecule has 226 valence electrons. The number of carbonyl (C=O) groups excluding carboxylic acids is 1. The minimum atomic E-state index is -3.90. The SMILES string of the molecule is C[C@@H]1[C@@H](C)C/C=C\[C@H](CO)[C@@H]2CC[C@H]2CN2C[C@@]3(CCCc4cc(Cl)ccc43)COc3ccc(cc32)C(=O)NS1(=O)=O. The van der Waals surface area contributed by atoms with E-state index in [4.69, 9.17) is 16.3 Å². The van der Waals surface area contributed by atoms with Gasteiger partial charge < -0.3 is 14.7 Å². The molecule has 2 aliphatic carbocycles. The van der Waals surface area contributed by atoms with E-state index in [0.29, 0.717) is 36.2 Å². The molecule has 0 unspecified atom stereocenters. The number of aryl methyl sites for hydroxylation is 1. The Hall–Kier alpha value is -2.55. The van der Waals surface area contributed by atoms with E-state index >= 15 is 0 Å². The lowest BCUT2D eigenvalue weighted by molar-refractivity contribution is 0.0892. The molecule has 6 atom stereocenters. The summed E-state index contributed by atoms with van der Waals surface area (Å²) in [6, 6.07) is 11.4. The Morgan fingerprint density at radius 2 is 2.00 bits per heavy atom. The molecule has 2 aliphatic heterocycles. The van der Waals surface area contributed by atoms with E-state index in [1.165, 1.54) is 11.1 Å². The molecule has 1 fully saturated rings. The van der Waals surface area contributed by atoms with Crippen molar-refractivity contribution >= 4 is 33.2 Å². The quantitative estimate of drug-likeness (QED) is 0.414. The summed E-state index contributed by atoms with van der Waals surface area (Å²) in [7, 11) is -3.90. The summed E-state index contributed by atoms with van der Waals surface area (Å²) in [6.45, 7) is 5.59. The summed E-state index contributed by atoms with van der Waals surface area (Å²) in [5.74, 6) is 0.614. The predicted octanol–water partition coefficient (Wildman–Crippen LogP) is 5.49. The number of rotatable bonds is 1. The van der Waals surface area contributed by atoms with Gasteiger partial charge in [0.2, 0.25) is 10.0 Å². The Kier molecular flexibility index (Phi) is 8.09. The highest BCUT2D eigenvalue weighted by atomic mass is 35.5. The topological polar surface area (TPSA) is 95.9 Å². The van der Waals surface area contributed by atoms with Crippen LogP contribution in [0.15, 0.2) is 48.6 Å². The smallest absolute Gasteiger partial charge is 0.264 e. The van der Waals surface area contributed by atoms with Crippen molar-refractivity contribution in [3.05, 3.63) is 70.3 Å². The van der Waals surface area contributed by atoms with Crippen molar-refractivity contribution in [2.75, 3.05) is 31.2 Å². The molecule has 9 heteroatoms. The molecule has 1 saturated carbocycles. The second-order valence-electron chi connectivity index (χ2n) is 13.0. The Morgan fingerprint density at radius 3 is 2.76 bits per heavy atom. The fraction of sp³-hybridized carbons (Fsp3) is 0.545. The van der Waals surface area contributed by atoms with Crippen LogP contribution in [0.5, 0.6) is 5.75 Å². The van der Waals surface area contributed by atoms with Crippen molar-refractivity contribution in [2.45, 2.75) is 63.0 Å². The number of aliphatic hydroxyl groups is 1. The van der Waals surface area contributed by atoms with Crippen LogP contribution in [-0.2, 0) is 21.9 Å². The van der Waals surface area contributed by atoms with Crippen LogP contribution >= 0.6 is 11.6 Å². The number of anilines is 1. The van der Waals surface area contributed by atoms with Gasteiger partial charge in [-0.15, -0.1) is 0 Å². The zero-order valence-electron chi connectivity index (χ0n) is 24.4. The Morgan fingerprint density at radius 1 is 1.17 bits per heavy atom. The number of halogens is 1. The summed E-state index contributed by atoms with van der Waals surface area (Å²) >= 11 is 6.39. The van der Waals surface area contributed by atoms with Gasteiger partial charge in [0.25, 0.3) is 5.91 Å². The second-order valence-corrected chi connectivity index (χ2v) is 15.4. The fourth-order valence-corrected chi connectivity index (χ4v) is 8.99. The molecular weight excluding hydrogens is 572 g/mol. The number of hydrogen-bond acceptors (Lipinski definition) is 6. The van der Waals surface area contributed by atoms with Crippen molar-refractivity contribution in [3.63, 3.8) is 0 Å². The lowest BCUT2D eigenvalue weighted by Gasteiger charge is -2.46. The summed E-state index contributed by atoms with van der Waals surface area (Å²) in [4.78, 5) is 15.7. The van der Waals surface area contributed by atoms with Crippen molar-refractivity contribution in [1.82, 2.24) is 4.72 Å². The van der Waals surface area contributed by atoms with Gasteiger partial charge in [0.05, 0.1) is 17.5 Å². The second kappa shape index (κ2) is 11.5. The summed E-state index contributed by atoms with van der Waals surface area (Å²) < 4.78 is 35.3. The highest BCUT2D eigenvalue weighted by Gasteiger charge is 2.44. The molecule has 2 aromatic carbocycles. The summed E-state index contributed by atoms with van der Waals surface area (Å²) in [6.07, 6.45) is 9.77. The average Bonchev–Trinajstić information content (AvgIpc) is 3.10. The van der Waals surface area contributed by atoms with E-state index in [0.717, 1.165) is 55.9 Å². The first-order valence-electron chi connectivity index (χ1n) is 15.2. The Labute approximate surface area is 254 Å². The van der Waals surface area contributed by atoms with Crippen LogP contribution in [0.1, 0.15) is 67.4 Å². The molecule has 1 spiro atoms. The number of carbonyl (C=O) groups is 1. The standard InChI is InChI=1S/C33H41ClN2O5S/c1-21-5-3-6-26(18-37)28-11-8-25(28)17-36-19-33(14-4-7-23-15-27(34)10-12-29(23)33)20-41-31-13-9-24(16-30(31)36)32(38)35-42(39,40)22(21)2/h3,6,9-10,12-13,15-16,21-22,25-26,28,37H,4-5,7-8,11,14,17-20H2,1-2H3,(H,35,38)/b6-3-/t21-,22+,25-,26+,28+,33-/m0/s1. The number of sulfonamides is 1. The highest BCUT2D eigenvalue weighted by molar-refractivity contribution is 7.90.